The molecule has 218 valence electrons. The van der Waals surface area contributed by atoms with Crippen LogP contribution in [0.25, 0.3) is 11.2 Å². The number of aliphatic hydroxyl groups is 4. The van der Waals surface area contributed by atoms with E-state index in [1.54, 1.807) is 0 Å². The Balaban J connectivity index is 1.32. The Bertz CT molecular complexity index is 1300. The number of hydrogen-bond donors (Lipinski definition) is 8. The summed E-state index contributed by atoms with van der Waals surface area (Å²) in [5.41, 5.74) is 6.09. The van der Waals surface area contributed by atoms with Crippen LogP contribution in [-0.4, -0.2) is 112 Å². The fourth-order valence-corrected chi connectivity index (χ4v) is 6.03. The fourth-order valence-electron chi connectivity index (χ4n) is 3.94. The van der Waals surface area contributed by atoms with Crippen molar-refractivity contribution in [3.05, 3.63) is 12.7 Å². The highest BCUT2D eigenvalue weighted by molar-refractivity contribution is 7.61. The van der Waals surface area contributed by atoms with Gasteiger partial charge in [-0.3, -0.25) is 18.4 Å². The first-order valence-electron chi connectivity index (χ1n) is 11.1. The molecule has 2 unspecified atom stereocenters. The maximum absolute atomic E-state index is 12.3. The summed E-state index contributed by atoms with van der Waals surface area (Å²) in [5, 5.41) is 42.9. The molecule has 1 amide bonds. The van der Waals surface area contributed by atoms with E-state index in [9.17, 15) is 44.1 Å². The summed E-state index contributed by atoms with van der Waals surface area (Å²) >= 11 is 0. The minimum atomic E-state index is -5.33. The van der Waals surface area contributed by atoms with Crippen LogP contribution in [0.1, 0.15) is 13.2 Å². The topological polar surface area (TPSA) is 300 Å². The third-order valence-corrected chi connectivity index (χ3v) is 8.35. The lowest BCUT2D eigenvalue weighted by Crippen LogP contribution is -2.47. The molecule has 22 heteroatoms. The molecule has 0 bridgehead atoms. The van der Waals surface area contributed by atoms with Gasteiger partial charge in [-0.25, -0.2) is 24.1 Å². The van der Waals surface area contributed by atoms with Gasteiger partial charge < -0.3 is 50.7 Å². The fraction of sp³-hybridized carbons (Fsp3) is 0.647. The number of imidazole rings is 1. The Morgan fingerprint density at radius 2 is 1.64 bits per heavy atom. The molecule has 2 aliphatic rings. The van der Waals surface area contributed by atoms with Gasteiger partial charge in [0.25, 0.3) is 0 Å². The van der Waals surface area contributed by atoms with Crippen LogP contribution < -0.4 is 11.1 Å². The Labute approximate surface area is 218 Å². The highest BCUT2D eigenvalue weighted by atomic mass is 31.3. The molecule has 10 atom stereocenters. The Kier molecular flexibility index (Phi) is 8.70. The Morgan fingerprint density at radius 3 is 2.26 bits per heavy atom. The van der Waals surface area contributed by atoms with Gasteiger partial charge in [-0.15, -0.1) is 0 Å². The molecule has 2 fully saturated rings. The highest BCUT2D eigenvalue weighted by Gasteiger charge is 2.47. The molecular weight excluding hydrogens is 574 g/mol. The van der Waals surface area contributed by atoms with Gasteiger partial charge in [0, 0.05) is 6.92 Å². The van der Waals surface area contributed by atoms with E-state index >= 15 is 0 Å². The van der Waals surface area contributed by atoms with Gasteiger partial charge >= 0.3 is 15.6 Å². The third-order valence-electron chi connectivity index (χ3n) is 5.75. The normalized spacial score (nSPS) is 34.1. The second kappa shape index (κ2) is 11.4. The number of carbonyl (C=O) groups excluding carboxylic acids is 1. The van der Waals surface area contributed by atoms with Gasteiger partial charge in [0.15, 0.2) is 24.0 Å². The van der Waals surface area contributed by atoms with E-state index in [0.717, 1.165) is 13.3 Å². The number of anilines is 1. The largest absolute Gasteiger partial charge is 0.481 e. The number of nitrogens with one attached hydrogen (secondary N) is 1. The van der Waals surface area contributed by atoms with Crippen molar-refractivity contribution in [1.82, 2.24) is 24.8 Å². The summed E-state index contributed by atoms with van der Waals surface area (Å²) in [4.78, 5) is 42.7. The molecule has 2 aromatic heterocycles. The number of nitrogens with two attached hydrogens (primary N) is 1. The summed E-state index contributed by atoms with van der Waals surface area (Å²) < 4.78 is 49.6. The number of nitrogens with zero attached hydrogens (tertiary/aromatic N) is 4. The van der Waals surface area contributed by atoms with Crippen molar-refractivity contribution < 1.29 is 67.0 Å². The second-order valence-electron chi connectivity index (χ2n) is 8.52. The lowest BCUT2D eigenvalue weighted by Gasteiger charge is -2.21. The number of carbonyl (C=O) groups is 1. The minimum absolute atomic E-state index is 0.0541. The summed E-state index contributed by atoms with van der Waals surface area (Å²) in [6.07, 6.45) is -8.18. The SMILES string of the molecule is CC(=O)N[C@@H]1[C@H](O)[C@@H](COP(=O)(O)OP(=O)(O)OC[C@H]2O[C@@H](n3cnc4c(N)ncnc43)[C@H](O)[C@@H]2O)O[C@H]1O. The number of aliphatic hydroxyl groups excluding tert-OH is 4. The Hall–Kier alpha value is -2.16. The number of aromatic nitrogens is 4. The van der Waals surface area contributed by atoms with Crippen LogP contribution in [0.4, 0.5) is 5.82 Å². The number of rotatable bonds is 10. The summed E-state index contributed by atoms with van der Waals surface area (Å²) in [5.74, 6) is -0.538. The average molecular weight is 600 g/mol. The van der Waals surface area contributed by atoms with E-state index in [4.69, 9.17) is 15.2 Å². The van der Waals surface area contributed by atoms with Gasteiger partial charge in [-0.05, 0) is 0 Å². The number of hydrogen-bond acceptors (Lipinski definition) is 16. The maximum atomic E-state index is 12.3. The van der Waals surface area contributed by atoms with Crippen molar-refractivity contribution in [2.24, 2.45) is 0 Å². The van der Waals surface area contributed by atoms with Crippen molar-refractivity contribution in [2.75, 3.05) is 18.9 Å². The molecule has 0 radical (unpaired) electrons. The summed E-state index contributed by atoms with van der Waals surface area (Å²) in [6, 6.07) is -1.26. The van der Waals surface area contributed by atoms with E-state index < -0.39 is 83.8 Å². The zero-order valence-corrected chi connectivity index (χ0v) is 21.7. The van der Waals surface area contributed by atoms with Crippen molar-refractivity contribution in [3.8, 4) is 0 Å². The molecule has 0 spiro atoms. The predicted octanol–water partition coefficient (Wildman–Crippen LogP) is -3.14. The number of nitrogen functional groups attached to an aromatic ring is 1. The third kappa shape index (κ3) is 6.60. The van der Waals surface area contributed by atoms with E-state index in [1.165, 1.54) is 10.9 Å². The number of phosphoric acid groups is 2. The molecule has 39 heavy (non-hydrogen) atoms. The van der Waals surface area contributed by atoms with Crippen molar-refractivity contribution in [3.63, 3.8) is 0 Å². The smallest absolute Gasteiger partial charge is 0.388 e. The molecule has 4 heterocycles. The van der Waals surface area contributed by atoms with Crippen LogP contribution >= 0.6 is 15.6 Å². The lowest BCUT2D eigenvalue weighted by molar-refractivity contribution is -0.126. The summed E-state index contributed by atoms with van der Waals surface area (Å²) in [7, 11) is -10.7. The van der Waals surface area contributed by atoms with Gasteiger partial charge in [0.2, 0.25) is 5.91 Å². The molecule has 0 aliphatic carbocycles. The molecule has 0 aromatic carbocycles. The van der Waals surface area contributed by atoms with Crippen molar-refractivity contribution >= 4 is 38.5 Å². The minimum Gasteiger partial charge on any atom is -0.388 e. The van der Waals surface area contributed by atoms with Gasteiger partial charge in [0.1, 0.15) is 48.4 Å². The van der Waals surface area contributed by atoms with Gasteiger partial charge in [0.05, 0.1) is 19.5 Å². The molecule has 9 N–H and O–H groups in total. The van der Waals surface area contributed by atoms with E-state index in [2.05, 4.69) is 33.6 Å². The van der Waals surface area contributed by atoms with Gasteiger partial charge in [-0.2, -0.15) is 4.31 Å². The first kappa shape index (κ1) is 29.8. The monoisotopic (exact) mass is 600 g/mol. The average Bonchev–Trinajstić information content (AvgIpc) is 3.47. The van der Waals surface area contributed by atoms with E-state index in [-0.39, 0.29) is 17.0 Å². The molecule has 2 aromatic rings. The van der Waals surface area contributed by atoms with Crippen LogP contribution in [-0.2, 0) is 36.8 Å². The van der Waals surface area contributed by atoms with Crippen LogP contribution in [0.2, 0.25) is 0 Å². The van der Waals surface area contributed by atoms with E-state index in [0.29, 0.717) is 0 Å². The number of ether oxygens (including phenoxy) is 2. The van der Waals surface area contributed by atoms with Crippen molar-refractivity contribution in [1.29, 1.82) is 0 Å². The molecule has 0 saturated carbocycles. The second-order valence-corrected chi connectivity index (χ2v) is 11.6. The van der Waals surface area contributed by atoms with Crippen molar-refractivity contribution in [2.45, 2.75) is 56.0 Å². The molecule has 4 rings (SSSR count). The Morgan fingerprint density at radius 1 is 1.03 bits per heavy atom. The van der Waals surface area contributed by atoms with Crippen LogP contribution in [0.5, 0.6) is 0 Å². The summed E-state index contributed by atoms with van der Waals surface area (Å²) in [6.45, 7) is -0.659. The highest BCUT2D eigenvalue weighted by Crippen LogP contribution is 2.60. The molecule has 2 aliphatic heterocycles. The quantitative estimate of drug-likeness (QED) is 0.125. The zero-order chi connectivity index (χ0) is 28.7. The van der Waals surface area contributed by atoms with E-state index in [1.807, 2.05) is 0 Å². The maximum Gasteiger partial charge on any atom is 0.481 e. The molecular formula is C17H26N6O14P2. The molecule has 2 saturated heterocycles. The van der Waals surface area contributed by atoms with Crippen LogP contribution in [0.15, 0.2) is 12.7 Å². The molecule has 20 nitrogen and oxygen atoms in total. The first-order chi connectivity index (χ1) is 18.2. The standard InChI is InChI=1S/C17H26N6O14P2/c1-6(24)22-9-11(25)7(36-17(9)28)2-33-38(29,30)37-39(31,32)34-3-8-12(26)13(27)16(35-8)23-5-21-10-14(18)19-4-20-15(10)23/h4-5,7-9,11-13,16-17,25-28H,2-3H2,1H3,(H,22,24)(H,29,30)(H,31,32)(H2,18,19,20)/t7-,8-,9-,11-,12-,13-,16-,17-/m1/s1. The first-order valence-corrected chi connectivity index (χ1v) is 14.1. The predicted molar refractivity (Wildman–Crippen MR) is 123 cm³/mol. The van der Waals surface area contributed by atoms with Gasteiger partial charge in [-0.1, -0.05) is 0 Å². The zero-order valence-electron chi connectivity index (χ0n) is 19.9. The number of amides is 1. The van der Waals surface area contributed by atoms with Crippen LogP contribution in [0, 0.1) is 0 Å². The number of fused-ring (bicyclic) bond motifs is 1. The number of phosphoric ester groups is 2. The van der Waals surface area contributed by atoms with Crippen LogP contribution in [0.3, 0.4) is 0 Å². The lowest BCUT2D eigenvalue weighted by atomic mass is 10.1.